The molecule has 0 atom stereocenters. The van der Waals surface area contributed by atoms with E-state index in [0.29, 0.717) is 12.0 Å². The second-order valence-corrected chi connectivity index (χ2v) is 5.64. The van der Waals surface area contributed by atoms with Crippen LogP contribution in [-0.2, 0) is 11.2 Å². The molecule has 132 valence electrons. The number of hydrogen-bond donors (Lipinski definition) is 0. The molecule has 3 nitrogen and oxygen atoms in total. The molecule has 0 aliphatic rings. The van der Waals surface area contributed by atoms with Crippen molar-refractivity contribution in [1.82, 2.24) is 0 Å². The second kappa shape index (κ2) is 7.92. The first-order chi connectivity index (χ1) is 11.9. The molecule has 25 heavy (non-hydrogen) atoms. The van der Waals surface area contributed by atoms with Crippen molar-refractivity contribution >= 4 is 12.0 Å². The lowest BCUT2D eigenvalue weighted by Crippen LogP contribution is -2.08. The number of esters is 1. The van der Waals surface area contributed by atoms with Gasteiger partial charge in [0.1, 0.15) is 5.75 Å². The van der Waals surface area contributed by atoms with E-state index in [1.807, 2.05) is 13.8 Å². The smallest absolute Gasteiger partial charge is 0.387 e. The summed E-state index contributed by atoms with van der Waals surface area (Å²) in [4.78, 5) is 12.1. The first-order valence-electron chi connectivity index (χ1n) is 7.75. The quantitative estimate of drug-likeness (QED) is 0.696. The molecule has 0 heterocycles. The molecular weight excluding hydrogens is 326 g/mol. The Kier molecular flexibility index (Phi) is 5.91. The molecule has 0 aliphatic heterocycles. The minimum atomic E-state index is -2.84. The fourth-order valence-electron chi connectivity index (χ4n) is 2.74. The van der Waals surface area contributed by atoms with Gasteiger partial charge in [0.2, 0.25) is 0 Å². The van der Waals surface area contributed by atoms with Crippen LogP contribution in [-0.4, -0.2) is 19.7 Å². The van der Waals surface area contributed by atoms with E-state index in [1.54, 1.807) is 24.3 Å². The van der Waals surface area contributed by atoms with Crippen molar-refractivity contribution in [2.75, 3.05) is 7.11 Å². The Morgan fingerprint density at radius 3 is 2.36 bits per heavy atom. The third-order valence-electron chi connectivity index (χ3n) is 4.21. The maximum absolute atomic E-state index is 12.2. The molecule has 2 aromatic rings. The van der Waals surface area contributed by atoms with Gasteiger partial charge in [-0.25, -0.2) is 4.79 Å². The van der Waals surface area contributed by atoms with Gasteiger partial charge in [0.05, 0.1) is 12.7 Å². The molecule has 0 aliphatic carbocycles. The van der Waals surface area contributed by atoms with Crippen LogP contribution in [0.3, 0.4) is 0 Å². The van der Waals surface area contributed by atoms with Crippen molar-refractivity contribution in [3.8, 4) is 5.75 Å². The topological polar surface area (TPSA) is 35.5 Å². The fraction of sp³-hybridized carbons (Fsp3) is 0.250. The summed E-state index contributed by atoms with van der Waals surface area (Å²) < 4.78 is 33.6. The van der Waals surface area contributed by atoms with Crippen molar-refractivity contribution in [1.29, 1.82) is 0 Å². The molecule has 0 N–H and O–H groups in total. The number of methoxy groups -OCH3 is 1. The van der Waals surface area contributed by atoms with Crippen molar-refractivity contribution in [2.24, 2.45) is 0 Å². The van der Waals surface area contributed by atoms with Gasteiger partial charge in [-0.1, -0.05) is 24.8 Å². The third-order valence-corrected chi connectivity index (χ3v) is 4.21. The van der Waals surface area contributed by atoms with Gasteiger partial charge in [-0.2, -0.15) is 8.78 Å². The van der Waals surface area contributed by atoms with E-state index in [1.165, 1.54) is 19.2 Å². The van der Waals surface area contributed by atoms with Crippen molar-refractivity contribution in [3.05, 3.63) is 70.3 Å². The Morgan fingerprint density at radius 1 is 1.20 bits per heavy atom. The Labute approximate surface area is 145 Å². The average Bonchev–Trinajstić information content (AvgIpc) is 2.59. The Morgan fingerprint density at radius 2 is 1.84 bits per heavy atom. The van der Waals surface area contributed by atoms with E-state index in [9.17, 15) is 13.6 Å². The van der Waals surface area contributed by atoms with Gasteiger partial charge >= 0.3 is 12.6 Å². The van der Waals surface area contributed by atoms with E-state index >= 15 is 0 Å². The number of carbonyl (C=O) groups excluding carboxylic acids is 1. The summed E-state index contributed by atoms with van der Waals surface area (Å²) >= 11 is 0. The molecule has 0 radical (unpaired) electrons. The summed E-state index contributed by atoms with van der Waals surface area (Å²) in [6.45, 7) is 4.84. The summed E-state index contributed by atoms with van der Waals surface area (Å²) in [5.41, 5.74) is 5.13. The predicted octanol–water partition coefficient (Wildman–Crippen LogP) is 4.93. The minimum absolute atomic E-state index is 0.115. The van der Waals surface area contributed by atoms with Crippen molar-refractivity contribution in [3.63, 3.8) is 0 Å². The van der Waals surface area contributed by atoms with Gasteiger partial charge in [0.25, 0.3) is 0 Å². The molecule has 0 fully saturated rings. The Balaban J connectivity index is 2.37. The predicted molar refractivity (Wildman–Crippen MR) is 93.2 cm³/mol. The molecule has 0 unspecified atom stereocenters. The lowest BCUT2D eigenvalue weighted by Gasteiger charge is -2.16. The van der Waals surface area contributed by atoms with E-state index in [4.69, 9.17) is 4.74 Å². The first-order valence-corrected chi connectivity index (χ1v) is 7.75. The summed E-state index contributed by atoms with van der Waals surface area (Å²) in [5.74, 6) is -0.302. The molecule has 2 rings (SSSR count). The normalized spacial score (nSPS) is 10.6. The van der Waals surface area contributed by atoms with Crippen LogP contribution < -0.4 is 4.74 Å². The largest absolute Gasteiger partial charge is 0.465 e. The number of ether oxygens (including phenoxy) is 2. The van der Waals surface area contributed by atoms with Gasteiger partial charge < -0.3 is 9.47 Å². The Bertz CT molecular complexity index is 781. The van der Waals surface area contributed by atoms with Crippen molar-refractivity contribution < 1.29 is 23.0 Å². The summed E-state index contributed by atoms with van der Waals surface area (Å²) in [6, 6.07) is 8.26. The lowest BCUT2D eigenvalue weighted by molar-refractivity contribution is -0.0498. The number of alkyl halides is 2. The van der Waals surface area contributed by atoms with Gasteiger partial charge in [-0.05, 0) is 66.3 Å². The van der Waals surface area contributed by atoms with Crippen LogP contribution in [0.25, 0.3) is 6.08 Å². The molecule has 2 aromatic carbocycles. The molecular formula is C20H20F2O3. The highest BCUT2D eigenvalue weighted by Crippen LogP contribution is 2.26. The van der Waals surface area contributed by atoms with Gasteiger partial charge in [0, 0.05) is 0 Å². The zero-order valence-electron chi connectivity index (χ0n) is 14.4. The molecule has 5 heteroatoms. The number of hydrogen-bond acceptors (Lipinski definition) is 3. The molecule has 0 saturated carbocycles. The zero-order chi connectivity index (χ0) is 18.6. The SMILES string of the molecule is C=Cc1c(C(=O)OC)cc(Cc2ccc(OC(F)F)cc2)c(C)c1C. The monoisotopic (exact) mass is 346 g/mol. The molecule has 0 amide bonds. The summed E-state index contributed by atoms with van der Waals surface area (Å²) in [7, 11) is 1.34. The third kappa shape index (κ3) is 4.24. The molecule has 0 aromatic heterocycles. The molecule has 0 spiro atoms. The molecule has 0 bridgehead atoms. The lowest BCUT2D eigenvalue weighted by atomic mass is 9.90. The van der Waals surface area contributed by atoms with E-state index in [-0.39, 0.29) is 5.75 Å². The van der Waals surface area contributed by atoms with Crippen LogP contribution in [0.2, 0.25) is 0 Å². The van der Waals surface area contributed by atoms with Crippen molar-refractivity contribution in [2.45, 2.75) is 26.9 Å². The summed E-state index contributed by atoms with van der Waals surface area (Å²) in [5, 5.41) is 0. The van der Waals surface area contributed by atoms with Gasteiger partial charge in [-0.3, -0.25) is 0 Å². The van der Waals surface area contributed by atoms with Crippen LogP contribution in [0, 0.1) is 13.8 Å². The number of halogens is 2. The number of benzene rings is 2. The highest BCUT2D eigenvalue weighted by atomic mass is 19.3. The number of carbonyl (C=O) groups is 1. The average molecular weight is 346 g/mol. The maximum Gasteiger partial charge on any atom is 0.387 e. The van der Waals surface area contributed by atoms with E-state index < -0.39 is 12.6 Å². The number of rotatable bonds is 6. The minimum Gasteiger partial charge on any atom is -0.465 e. The van der Waals surface area contributed by atoms with E-state index in [2.05, 4.69) is 11.3 Å². The van der Waals surface area contributed by atoms with Gasteiger partial charge in [-0.15, -0.1) is 0 Å². The summed E-state index contributed by atoms with van der Waals surface area (Å²) in [6.07, 6.45) is 2.21. The highest BCUT2D eigenvalue weighted by Gasteiger charge is 2.17. The zero-order valence-corrected chi connectivity index (χ0v) is 14.4. The fourth-order valence-corrected chi connectivity index (χ4v) is 2.74. The van der Waals surface area contributed by atoms with Crippen LogP contribution >= 0.6 is 0 Å². The van der Waals surface area contributed by atoms with Gasteiger partial charge in [0.15, 0.2) is 0 Å². The van der Waals surface area contributed by atoms with Crippen LogP contribution in [0.5, 0.6) is 5.75 Å². The maximum atomic E-state index is 12.2. The Hall–Kier alpha value is -2.69. The van der Waals surface area contributed by atoms with Crippen LogP contribution in [0.1, 0.15) is 38.2 Å². The van der Waals surface area contributed by atoms with Crippen LogP contribution in [0.15, 0.2) is 36.9 Å². The standard InChI is InChI=1S/C20H20F2O3/c1-5-17-13(3)12(2)15(11-18(17)19(23)24-4)10-14-6-8-16(9-7-14)25-20(21)22/h5-9,11,20H,1,10H2,2-4H3. The first kappa shape index (κ1) is 18.6. The highest BCUT2D eigenvalue weighted by molar-refractivity contribution is 5.94. The molecule has 0 saturated heterocycles. The second-order valence-electron chi connectivity index (χ2n) is 5.64. The van der Waals surface area contributed by atoms with E-state index in [0.717, 1.165) is 27.8 Å². The van der Waals surface area contributed by atoms with Crippen LogP contribution in [0.4, 0.5) is 8.78 Å².